The van der Waals surface area contributed by atoms with Gasteiger partial charge in [0.05, 0.1) is 11.3 Å². The predicted molar refractivity (Wildman–Crippen MR) is 133 cm³/mol. The highest BCUT2D eigenvalue weighted by Gasteiger charge is 2.49. The third-order valence-corrected chi connectivity index (χ3v) is 7.24. The number of aliphatic imine (C=N–C) groups is 1. The third-order valence-electron chi connectivity index (χ3n) is 5.89. The maximum Gasteiger partial charge on any atom is 0.309 e. The number of halogens is 1. The molecule has 0 spiro atoms. The average Bonchev–Trinajstić information content (AvgIpc) is 3.09. The molecule has 1 amide bonds. The monoisotopic (exact) mass is 506 g/mol. The van der Waals surface area contributed by atoms with Crippen LogP contribution in [0.3, 0.4) is 0 Å². The van der Waals surface area contributed by atoms with Gasteiger partial charge in [0.1, 0.15) is 17.6 Å². The first-order valence-electron chi connectivity index (χ1n) is 11.1. The van der Waals surface area contributed by atoms with Crippen molar-refractivity contribution in [3.63, 3.8) is 0 Å². The van der Waals surface area contributed by atoms with E-state index in [9.17, 15) is 22.9 Å². The van der Waals surface area contributed by atoms with Crippen molar-refractivity contribution in [2.45, 2.75) is 18.9 Å². The van der Waals surface area contributed by atoms with Gasteiger partial charge < -0.3 is 9.92 Å². The molecule has 10 heteroatoms. The highest BCUT2D eigenvalue weighted by Crippen LogP contribution is 2.41. The van der Waals surface area contributed by atoms with Crippen molar-refractivity contribution in [1.29, 1.82) is 5.26 Å². The second-order valence-corrected chi connectivity index (χ2v) is 9.99. The summed E-state index contributed by atoms with van der Waals surface area (Å²) in [7, 11) is -2.22. The maximum absolute atomic E-state index is 13.9. The van der Waals surface area contributed by atoms with E-state index in [-0.39, 0.29) is 23.0 Å². The van der Waals surface area contributed by atoms with Gasteiger partial charge in [-0.2, -0.15) is 13.7 Å². The number of hydrogen-bond donors (Lipinski definition) is 1. The van der Waals surface area contributed by atoms with E-state index < -0.39 is 27.4 Å². The molecule has 3 aromatic carbocycles. The second-order valence-electron chi connectivity index (χ2n) is 8.30. The van der Waals surface area contributed by atoms with E-state index >= 15 is 0 Å². The minimum Gasteiger partial charge on any atom is -0.382 e. The first-order chi connectivity index (χ1) is 17.1. The lowest BCUT2D eigenvalue weighted by Crippen LogP contribution is -2.41. The summed E-state index contributed by atoms with van der Waals surface area (Å²) >= 11 is 0. The van der Waals surface area contributed by atoms with Crippen molar-refractivity contribution in [1.82, 2.24) is 4.90 Å². The Morgan fingerprint density at radius 2 is 1.78 bits per heavy atom. The number of hydrogen-bond acceptors (Lipinski definition) is 7. The lowest BCUT2D eigenvalue weighted by atomic mass is 9.81. The summed E-state index contributed by atoms with van der Waals surface area (Å²) in [6, 6.07) is 19.1. The van der Waals surface area contributed by atoms with Gasteiger partial charge in [-0.25, -0.2) is 9.38 Å². The molecule has 0 aromatic heterocycles. The van der Waals surface area contributed by atoms with Crippen LogP contribution in [0.15, 0.2) is 71.7 Å². The molecule has 0 fully saturated rings. The molecule has 8 nitrogen and oxygen atoms in total. The highest BCUT2D eigenvalue weighted by atomic mass is 32.2. The Hall–Kier alpha value is -4.23. The second kappa shape index (κ2) is 9.43. The molecular weight excluding hydrogens is 483 g/mol. The lowest BCUT2D eigenvalue weighted by Gasteiger charge is -2.26. The van der Waals surface area contributed by atoms with Gasteiger partial charge in [-0.15, -0.1) is 0 Å². The van der Waals surface area contributed by atoms with Crippen molar-refractivity contribution >= 4 is 22.0 Å². The van der Waals surface area contributed by atoms with E-state index in [1.807, 2.05) is 6.07 Å². The number of benzene rings is 3. The predicted octanol–water partition coefficient (Wildman–Crippen LogP) is 3.51. The van der Waals surface area contributed by atoms with Crippen LogP contribution in [0.25, 0.3) is 11.1 Å². The Bertz CT molecular complexity index is 1510. The Morgan fingerprint density at radius 1 is 1.08 bits per heavy atom. The van der Waals surface area contributed by atoms with E-state index in [1.165, 1.54) is 36.2 Å². The summed E-state index contributed by atoms with van der Waals surface area (Å²) < 4.78 is 43.1. The Morgan fingerprint density at radius 3 is 2.39 bits per heavy atom. The van der Waals surface area contributed by atoms with E-state index in [2.05, 4.69) is 4.99 Å². The van der Waals surface area contributed by atoms with Gasteiger partial charge >= 0.3 is 10.1 Å². The Kier molecular flexibility index (Phi) is 6.52. The van der Waals surface area contributed by atoms with E-state index in [4.69, 9.17) is 9.92 Å². The first-order valence-corrected chi connectivity index (χ1v) is 12.7. The van der Waals surface area contributed by atoms with Crippen LogP contribution < -0.4 is 9.92 Å². The zero-order valence-corrected chi connectivity index (χ0v) is 20.4. The molecular formula is C26H23FN4O4S. The molecule has 4 rings (SSSR count). The normalized spacial score (nSPS) is 17.6. The number of carbonyl (C=O) groups is 1. The number of nitrogens with two attached hydrogens (primary N) is 1. The molecule has 1 aliphatic rings. The molecule has 0 aliphatic carbocycles. The smallest absolute Gasteiger partial charge is 0.309 e. The van der Waals surface area contributed by atoms with Crippen LogP contribution in [-0.2, 0) is 20.5 Å². The fourth-order valence-electron chi connectivity index (χ4n) is 4.09. The van der Waals surface area contributed by atoms with Crippen LogP contribution in [0.5, 0.6) is 5.75 Å². The third kappa shape index (κ3) is 4.41. The number of carbonyl (C=O) groups excluding carboxylic acids is 1. The van der Waals surface area contributed by atoms with E-state index in [0.29, 0.717) is 28.7 Å². The number of nitriles is 1. The fraction of sp³-hybridized carbons (Fsp3) is 0.192. The molecule has 0 saturated heterocycles. The molecule has 2 N–H and O–H groups in total. The summed E-state index contributed by atoms with van der Waals surface area (Å²) in [5, 5.41) is 9.20. The van der Waals surface area contributed by atoms with Crippen LogP contribution in [0.2, 0.25) is 0 Å². The van der Waals surface area contributed by atoms with Crippen molar-refractivity contribution < 1.29 is 21.8 Å². The molecule has 184 valence electrons. The van der Waals surface area contributed by atoms with Gasteiger partial charge in [0, 0.05) is 7.05 Å². The summed E-state index contributed by atoms with van der Waals surface area (Å²) in [6.45, 7) is 1.74. The minimum absolute atomic E-state index is 0.0183. The van der Waals surface area contributed by atoms with Crippen LogP contribution >= 0.6 is 0 Å². The highest BCUT2D eigenvalue weighted by molar-refractivity contribution is 7.87. The zero-order chi connectivity index (χ0) is 26.1. The van der Waals surface area contributed by atoms with Gasteiger partial charge in [-0.05, 0) is 59.0 Å². The molecule has 0 radical (unpaired) electrons. The molecule has 0 saturated carbocycles. The van der Waals surface area contributed by atoms with Crippen LogP contribution in [-0.4, -0.2) is 38.0 Å². The van der Waals surface area contributed by atoms with Crippen LogP contribution in [0.1, 0.15) is 30.0 Å². The fourth-order valence-corrected chi connectivity index (χ4v) is 5.08. The first kappa shape index (κ1) is 24.9. The zero-order valence-electron chi connectivity index (χ0n) is 19.6. The number of likely N-dealkylation sites (N-methyl/N-ethyl adjacent to an activating group) is 1. The molecule has 1 aliphatic heterocycles. The van der Waals surface area contributed by atoms with Crippen molar-refractivity contribution in [2.75, 3.05) is 12.8 Å². The number of rotatable bonds is 7. The van der Waals surface area contributed by atoms with Crippen LogP contribution in [0, 0.1) is 17.1 Å². The Balaban J connectivity index is 1.82. The summed E-state index contributed by atoms with van der Waals surface area (Å²) in [5.41, 5.74) is 6.59. The Labute approximate surface area is 208 Å². The molecule has 1 atom stereocenters. The minimum atomic E-state index is -3.73. The SMILES string of the molecule is CCCS(=O)(=O)Oc1ccc(C2(c3cccc(-c4ccc(F)c(C#N)c4)c3)N=C(N)N(C)C2=O)cc1. The van der Waals surface area contributed by atoms with Gasteiger partial charge in [0.15, 0.2) is 11.5 Å². The maximum atomic E-state index is 13.9. The standard InChI is InChI=1S/C26H23FN4O4S/c1-3-13-36(33,34)35-22-10-8-20(9-11-22)26(24(32)31(2)25(29)30-26)21-6-4-5-17(15-21)18-7-12-23(27)19(14-18)16-28/h4-12,14-15H,3,13H2,1-2H3,(H2,29,30). The molecule has 1 heterocycles. The quantitative estimate of drug-likeness (QED) is 0.489. The summed E-state index contributed by atoms with van der Waals surface area (Å²) in [4.78, 5) is 19.3. The molecule has 0 bridgehead atoms. The lowest BCUT2D eigenvalue weighted by molar-refractivity contribution is -0.129. The number of guanidine groups is 1. The number of amides is 1. The summed E-state index contributed by atoms with van der Waals surface area (Å²) in [6.07, 6.45) is 0.415. The van der Waals surface area contributed by atoms with E-state index in [1.54, 1.807) is 49.4 Å². The van der Waals surface area contributed by atoms with Crippen molar-refractivity contribution in [3.05, 3.63) is 89.2 Å². The molecule has 1 unspecified atom stereocenters. The van der Waals surface area contributed by atoms with Gasteiger partial charge in [-0.3, -0.25) is 9.69 Å². The van der Waals surface area contributed by atoms with Crippen LogP contribution in [0.4, 0.5) is 4.39 Å². The van der Waals surface area contributed by atoms with Crippen molar-refractivity contribution in [2.24, 2.45) is 10.7 Å². The van der Waals surface area contributed by atoms with E-state index in [0.717, 1.165) is 0 Å². The summed E-state index contributed by atoms with van der Waals surface area (Å²) in [5.74, 6) is -1.01. The topological polar surface area (TPSA) is 126 Å². The van der Waals surface area contributed by atoms with Gasteiger partial charge in [0.25, 0.3) is 5.91 Å². The molecule has 3 aromatic rings. The number of nitrogens with zero attached hydrogens (tertiary/aromatic N) is 3. The largest absolute Gasteiger partial charge is 0.382 e. The van der Waals surface area contributed by atoms with Gasteiger partial charge in [0.2, 0.25) is 0 Å². The average molecular weight is 507 g/mol. The molecule has 36 heavy (non-hydrogen) atoms. The van der Waals surface area contributed by atoms with Crippen molar-refractivity contribution in [3.8, 4) is 22.9 Å². The van der Waals surface area contributed by atoms with Gasteiger partial charge in [-0.1, -0.05) is 43.3 Å².